The summed E-state index contributed by atoms with van der Waals surface area (Å²) in [6.45, 7) is 15.0. The van der Waals surface area contributed by atoms with E-state index >= 15 is 0 Å². The van der Waals surface area contributed by atoms with Gasteiger partial charge in [0.05, 0.1) is 0 Å². The monoisotopic (exact) mass is 613 g/mol. The van der Waals surface area contributed by atoms with Crippen molar-refractivity contribution in [2.45, 2.75) is 130 Å². The Morgan fingerprint density at radius 2 is 1.42 bits per heavy atom. The van der Waals surface area contributed by atoms with Crippen molar-refractivity contribution in [3.05, 3.63) is 60.2 Å². The molecule has 0 bridgehead atoms. The highest BCUT2D eigenvalue weighted by Crippen LogP contribution is 2.68. The third-order valence-electron chi connectivity index (χ3n) is 14.0. The molecule has 0 spiro atoms. The highest BCUT2D eigenvalue weighted by Gasteiger charge is 2.62. The lowest BCUT2D eigenvalue weighted by atomic mass is 9.43. The summed E-state index contributed by atoms with van der Waals surface area (Å²) in [6, 6.07) is 14.0. The summed E-state index contributed by atoms with van der Waals surface area (Å²) in [7, 11) is 0. The van der Waals surface area contributed by atoms with Crippen LogP contribution in [0.15, 0.2) is 48.8 Å². The molecule has 4 saturated carbocycles. The largest absolute Gasteiger partial charge is 0.314 e. The predicted molar refractivity (Wildman–Crippen MR) is 188 cm³/mol. The van der Waals surface area contributed by atoms with Gasteiger partial charge in [-0.1, -0.05) is 66.0 Å². The van der Waals surface area contributed by atoms with Gasteiger partial charge in [-0.25, -0.2) is 0 Å². The van der Waals surface area contributed by atoms with Crippen LogP contribution in [-0.2, 0) is 12.8 Å². The number of rotatable bonds is 13. The standard InChI is InChI=1S/C41H64N4/c1-29(2)11-10-12-30(3)35-15-16-36-39-37(18-22-41(35,36)5)40(4)21-17-34(44-25-19-32-13-6-8-23-42-32)27-31(40)28-38(39)45-26-20-33-14-7-9-24-43-33/h6-9,13-14,23-24,29-31,34-39,44-45H,10-12,15-22,25-28H2,1-5H3/t30-,31-,34-,35-,36?,37?,38-,39?,40+,41-/m1/s1. The minimum atomic E-state index is 0.491. The van der Waals surface area contributed by atoms with Crippen LogP contribution in [0, 0.1) is 52.3 Å². The first kappa shape index (κ1) is 33.1. The first-order valence-electron chi connectivity index (χ1n) is 19.0. The summed E-state index contributed by atoms with van der Waals surface area (Å²) in [4.78, 5) is 9.22. The maximum Gasteiger partial charge on any atom is 0.0416 e. The average molecular weight is 613 g/mol. The number of aromatic nitrogens is 2. The zero-order chi connectivity index (χ0) is 31.4. The van der Waals surface area contributed by atoms with Gasteiger partial charge in [-0.05, 0) is 128 Å². The van der Waals surface area contributed by atoms with Gasteiger partial charge >= 0.3 is 0 Å². The molecule has 2 aromatic rings. The van der Waals surface area contributed by atoms with Gasteiger partial charge in [0, 0.05) is 61.8 Å². The van der Waals surface area contributed by atoms with Crippen molar-refractivity contribution in [3.8, 4) is 0 Å². The van der Waals surface area contributed by atoms with Gasteiger partial charge in [-0.2, -0.15) is 0 Å². The third kappa shape index (κ3) is 7.23. The molecule has 4 heteroatoms. The molecule has 6 rings (SSSR count). The minimum Gasteiger partial charge on any atom is -0.314 e. The smallest absolute Gasteiger partial charge is 0.0416 e. The van der Waals surface area contributed by atoms with E-state index < -0.39 is 0 Å². The fraction of sp³-hybridized carbons (Fsp3) is 0.756. The summed E-state index contributed by atoms with van der Waals surface area (Å²) >= 11 is 0. The molecule has 0 saturated heterocycles. The number of pyridine rings is 2. The second-order valence-corrected chi connectivity index (χ2v) is 16.9. The van der Waals surface area contributed by atoms with E-state index in [-0.39, 0.29) is 0 Å². The molecule has 4 aliphatic carbocycles. The second kappa shape index (κ2) is 14.5. The van der Waals surface area contributed by atoms with Crippen molar-refractivity contribution in [2.75, 3.05) is 13.1 Å². The molecule has 4 nitrogen and oxygen atoms in total. The highest BCUT2D eigenvalue weighted by atomic mass is 15.0. The van der Waals surface area contributed by atoms with E-state index in [4.69, 9.17) is 0 Å². The Kier molecular flexibility index (Phi) is 10.7. The fourth-order valence-corrected chi connectivity index (χ4v) is 11.6. The molecule has 10 atom stereocenters. The Hall–Kier alpha value is -1.78. The Morgan fingerprint density at radius 3 is 2.09 bits per heavy atom. The van der Waals surface area contributed by atoms with Crippen LogP contribution < -0.4 is 10.6 Å². The van der Waals surface area contributed by atoms with Crippen molar-refractivity contribution in [1.82, 2.24) is 20.6 Å². The highest BCUT2D eigenvalue weighted by molar-refractivity contribution is 5.14. The predicted octanol–water partition coefficient (Wildman–Crippen LogP) is 8.91. The molecule has 0 aromatic carbocycles. The van der Waals surface area contributed by atoms with Crippen LogP contribution in [0.1, 0.15) is 117 Å². The van der Waals surface area contributed by atoms with Gasteiger partial charge in [-0.3, -0.25) is 9.97 Å². The zero-order valence-electron chi connectivity index (χ0n) is 29.3. The summed E-state index contributed by atoms with van der Waals surface area (Å²) < 4.78 is 0. The van der Waals surface area contributed by atoms with E-state index in [1.54, 1.807) is 0 Å². The van der Waals surface area contributed by atoms with Crippen molar-refractivity contribution in [2.24, 2.45) is 52.3 Å². The van der Waals surface area contributed by atoms with Crippen LogP contribution in [0.5, 0.6) is 0 Å². The summed E-state index contributed by atoms with van der Waals surface area (Å²) in [6.07, 6.45) is 21.5. The van der Waals surface area contributed by atoms with Crippen molar-refractivity contribution in [1.29, 1.82) is 0 Å². The zero-order valence-corrected chi connectivity index (χ0v) is 29.3. The number of hydrogen-bond donors (Lipinski definition) is 2. The van der Waals surface area contributed by atoms with Gasteiger partial charge in [0.1, 0.15) is 0 Å². The van der Waals surface area contributed by atoms with Crippen LogP contribution in [0.4, 0.5) is 0 Å². The Morgan fingerprint density at radius 1 is 0.756 bits per heavy atom. The molecular weight excluding hydrogens is 548 g/mol. The molecule has 2 N–H and O–H groups in total. The van der Waals surface area contributed by atoms with Crippen LogP contribution in [0.2, 0.25) is 0 Å². The molecule has 4 fully saturated rings. The van der Waals surface area contributed by atoms with Crippen LogP contribution in [-0.4, -0.2) is 35.1 Å². The van der Waals surface area contributed by atoms with Crippen molar-refractivity contribution < 1.29 is 0 Å². The normalized spacial score (nSPS) is 36.7. The molecule has 4 aliphatic rings. The first-order valence-corrected chi connectivity index (χ1v) is 19.0. The second-order valence-electron chi connectivity index (χ2n) is 16.9. The fourth-order valence-electron chi connectivity index (χ4n) is 11.6. The Bertz CT molecular complexity index is 1180. The molecule has 0 aliphatic heterocycles. The van der Waals surface area contributed by atoms with Crippen LogP contribution in [0.3, 0.4) is 0 Å². The molecule has 45 heavy (non-hydrogen) atoms. The van der Waals surface area contributed by atoms with Crippen molar-refractivity contribution >= 4 is 0 Å². The summed E-state index contributed by atoms with van der Waals surface area (Å²) in [5.74, 6) is 6.00. The van der Waals surface area contributed by atoms with Crippen molar-refractivity contribution in [3.63, 3.8) is 0 Å². The summed E-state index contributed by atoms with van der Waals surface area (Å²) in [5.41, 5.74) is 3.44. The first-order chi connectivity index (χ1) is 21.8. The van der Waals surface area contributed by atoms with Gasteiger partial charge in [0.15, 0.2) is 0 Å². The SMILES string of the molecule is CC(C)CCC[C@@H](C)[C@H]1CCC2C3C(CC[C@@]21C)[C@@]1(C)CC[C@@H](NCCc2ccccn2)C[C@@H]1C[C@H]3NCCc1ccccn1. The average Bonchev–Trinajstić information content (AvgIpc) is 3.39. The maximum absolute atomic E-state index is 4.66. The molecule has 0 radical (unpaired) electrons. The molecular formula is C41H64N4. The molecule has 0 amide bonds. The molecule has 248 valence electrons. The Labute approximate surface area is 275 Å². The van der Waals surface area contributed by atoms with E-state index in [9.17, 15) is 0 Å². The van der Waals surface area contributed by atoms with Gasteiger partial charge in [-0.15, -0.1) is 0 Å². The van der Waals surface area contributed by atoms with E-state index in [0.29, 0.717) is 22.9 Å². The lowest BCUT2D eigenvalue weighted by Gasteiger charge is -2.63. The minimum absolute atomic E-state index is 0.491. The topological polar surface area (TPSA) is 49.8 Å². The van der Waals surface area contributed by atoms with E-state index in [2.05, 4.69) is 79.5 Å². The van der Waals surface area contributed by atoms with Gasteiger partial charge in [0.2, 0.25) is 0 Å². The van der Waals surface area contributed by atoms with Crippen LogP contribution in [0.25, 0.3) is 0 Å². The number of nitrogens with zero attached hydrogens (tertiary/aromatic N) is 2. The molecule has 2 heterocycles. The third-order valence-corrected chi connectivity index (χ3v) is 14.0. The van der Waals surface area contributed by atoms with E-state index in [1.165, 1.54) is 82.0 Å². The number of fused-ring (bicyclic) bond motifs is 5. The number of hydrogen-bond acceptors (Lipinski definition) is 4. The molecule has 3 unspecified atom stereocenters. The Balaban J connectivity index is 1.16. The van der Waals surface area contributed by atoms with Crippen LogP contribution >= 0.6 is 0 Å². The van der Waals surface area contributed by atoms with E-state index in [1.807, 2.05) is 24.5 Å². The van der Waals surface area contributed by atoms with Gasteiger partial charge in [0.25, 0.3) is 0 Å². The molecule has 2 aromatic heterocycles. The quantitative estimate of drug-likeness (QED) is 0.237. The van der Waals surface area contributed by atoms with Gasteiger partial charge < -0.3 is 10.6 Å². The maximum atomic E-state index is 4.66. The lowest BCUT2D eigenvalue weighted by molar-refractivity contribution is -0.131. The summed E-state index contributed by atoms with van der Waals surface area (Å²) in [5, 5.41) is 8.24. The lowest BCUT2D eigenvalue weighted by Crippen LogP contribution is -2.62. The number of nitrogens with one attached hydrogen (secondary N) is 2. The van der Waals surface area contributed by atoms with E-state index in [0.717, 1.165) is 67.4 Å².